The third-order valence-corrected chi connectivity index (χ3v) is 1.21. The van der Waals surface area contributed by atoms with E-state index in [0.717, 1.165) is 0 Å². The van der Waals surface area contributed by atoms with Crippen molar-refractivity contribution in [1.82, 2.24) is 0 Å². The molecule has 0 radical (unpaired) electrons. The Kier molecular flexibility index (Phi) is 4.07. The maximum absolute atomic E-state index is 10.6. The first-order valence-electron chi connectivity index (χ1n) is 3.41. The predicted octanol–water partition coefficient (Wildman–Crippen LogP) is 1.20. The van der Waals surface area contributed by atoms with Gasteiger partial charge in [0, 0.05) is 4.91 Å². The first-order chi connectivity index (χ1) is 5.07. The zero-order valence-corrected chi connectivity index (χ0v) is 6.69. The van der Waals surface area contributed by atoms with E-state index in [4.69, 9.17) is 11.3 Å². The summed E-state index contributed by atoms with van der Waals surface area (Å²) >= 11 is 0. The summed E-state index contributed by atoms with van der Waals surface area (Å²) in [7, 11) is 0. The lowest BCUT2D eigenvalue weighted by molar-refractivity contribution is -0.119. The molecule has 2 N–H and O–H groups in total. The van der Waals surface area contributed by atoms with Crippen LogP contribution in [0.4, 0.5) is 0 Å². The lowest BCUT2D eigenvalue weighted by atomic mass is 10.0. The van der Waals surface area contributed by atoms with Crippen molar-refractivity contribution in [3.8, 4) is 0 Å². The van der Waals surface area contributed by atoms with E-state index in [0.29, 0.717) is 12.3 Å². The van der Waals surface area contributed by atoms with E-state index in [1.807, 2.05) is 13.8 Å². The summed E-state index contributed by atoms with van der Waals surface area (Å²) in [5.41, 5.74) is 13.0. The predicted molar refractivity (Wildman–Crippen MR) is 41.6 cm³/mol. The highest BCUT2D eigenvalue weighted by Gasteiger charge is 2.13. The summed E-state index contributed by atoms with van der Waals surface area (Å²) in [6.45, 7) is 3.87. The fourth-order valence-electron chi connectivity index (χ4n) is 0.729. The fourth-order valence-corrected chi connectivity index (χ4v) is 0.729. The molecule has 62 valence electrons. The van der Waals surface area contributed by atoms with Gasteiger partial charge < -0.3 is 5.73 Å². The van der Waals surface area contributed by atoms with E-state index >= 15 is 0 Å². The molecule has 5 nitrogen and oxygen atoms in total. The molecule has 0 fully saturated rings. The molecule has 0 spiro atoms. The quantitative estimate of drug-likeness (QED) is 0.369. The molecule has 0 aliphatic heterocycles. The number of hydrogen-bond donors (Lipinski definition) is 1. The van der Waals surface area contributed by atoms with Gasteiger partial charge in [0.1, 0.15) is 6.04 Å². The van der Waals surface area contributed by atoms with Gasteiger partial charge in [-0.3, -0.25) is 4.79 Å². The highest BCUT2D eigenvalue weighted by atomic mass is 16.1. The van der Waals surface area contributed by atoms with Crippen LogP contribution < -0.4 is 5.73 Å². The number of nitrogens with two attached hydrogens (primary N) is 1. The Morgan fingerprint density at radius 1 is 1.73 bits per heavy atom. The van der Waals surface area contributed by atoms with E-state index in [9.17, 15) is 4.79 Å². The number of carbonyl (C=O) groups is 1. The number of azide groups is 1. The molecule has 0 aromatic rings. The van der Waals surface area contributed by atoms with Crippen LogP contribution in [-0.2, 0) is 4.79 Å². The number of hydrogen-bond acceptors (Lipinski definition) is 2. The van der Waals surface area contributed by atoms with Gasteiger partial charge in [0.2, 0.25) is 5.91 Å². The smallest absolute Gasteiger partial charge is 0.226 e. The second-order valence-corrected chi connectivity index (χ2v) is 2.75. The van der Waals surface area contributed by atoms with Crippen molar-refractivity contribution >= 4 is 5.91 Å². The Hall–Kier alpha value is -1.22. The van der Waals surface area contributed by atoms with Gasteiger partial charge in [-0.2, -0.15) is 0 Å². The van der Waals surface area contributed by atoms with Crippen LogP contribution in [0.2, 0.25) is 0 Å². The first kappa shape index (κ1) is 9.78. The molecule has 0 heterocycles. The van der Waals surface area contributed by atoms with E-state index in [1.54, 1.807) is 0 Å². The Morgan fingerprint density at radius 2 is 2.27 bits per heavy atom. The van der Waals surface area contributed by atoms with E-state index in [1.165, 1.54) is 0 Å². The molecular weight excluding hydrogens is 144 g/mol. The van der Waals surface area contributed by atoms with Gasteiger partial charge in [-0.1, -0.05) is 19.0 Å². The largest absolute Gasteiger partial charge is 0.369 e. The van der Waals surface area contributed by atoms with E-state index < -0.39 is 11.9 Å². The molecule has 0 rings (SSSR count). The van der Waals surface area contributed by atoms with Crippen molar-refractivity contribution in [1.29, 1.82) is 0 Å². The van der Waals surface area contributed by atoms with Crippen LogP contribution in [-0.4, -0.2) is 11.9 Å². The summed E-state index contributed by atoms with van der Waals surface area (Å²) in [6.07, 6.45) is 0.513. The van der Waals surface area contributed by atoms with Crippen LogP contribution in [0.3, 0.4) is 0 Å². The first-order valence-corrected chi connectivity index (χ1v) is 3.41. The van der Waals surface area contributed by atoms with Gasteiger partial charge in [-0.15, -0.1) is 0 Å². The molecule has 0 aliphatic carbocycles. The number of amides is 1. The van der Waals surface area contributed by atoms with Gasteiger partial charge in [0.15, 0.2) is 0 Å². The van der Waals surface area contributed by atoms with Gasteiger partial charge in [0.25, 0.3) is 0 Å². The highest BCUT2D eigenvalue weighted by molar-refractivity contribution is 5.79. The fraction of sp³-hybridized carbons (Fsp3) is 0.833. The van der Waals surface area contributed by atoms with E-state index in [2.05, 4.69) is 10.0 Å². The van der Waals surface area contributed by atoms with Gasteiger partial charge >= 0.3 is 0 Å². The lowest BCUT2D eigenvalue weighted by Crippen LogP contribution is -2.27. The van der Waals surface area contributed by atoms with Crippen molar-refractivity contribution in [2.75, 3.05) is 0 Å². The number of primary amides is 1. The average molecular weight is 156 g/mol. The lowest BCUT2D eigenvalue weighted by Gasteiger charge is -2.08. The summed E-state index contributed by atoms with van der Waals surface area (Å²) in [5, 5.41) is 3.27. The van der Waals surface area contributed by atoms with Crippen molar-refractivity contribution < 1.29 is 4.79 Å². The van der Waals surface area contributed by atoms with Crippen molar-refractivity contribution in [3.63, 3.8) is 0 Å². The normalized spacial score (nSPS) is 12.3. The topological polar surface area (TPSA) is 91.8 Å². The van der Waals surface area contributed by atoms with Crippen molar-refractivity contribution in [2.24, 2.45) is 16.8 Å². The van der Waals surface area contributed by atoms with Crippen LogP contribution in [0.1, 0.15) is 20.3 Å². The van der Waals surface area contributed by atoms with Crippen LogP contribution in [0, 0.1) is 5.92 Å². The molecule has 5 heteroatoms. The highest BCUT2D eigenvalue weighted by Crippen LogP contribution is 2.07. The molecule has 11 heavy (non-hydrogen) atoms. The summed E-state index contributed by atoms with van der Waals surface area (Å²) in [5.74, 6) is -0.255. The third kappa shape index (κ3) is 4.22. The monoisotopic (exact) mass is 156 g/mol. The number of nitrogens with zero attached hydrogens (tertiary/aromatic N) is 3. The van der Waals surface area contributed by atoms with Crippen LogP contribution in [0.5, 0.6) is 0 Å². The van der Waals surface area contributed by atoms with Gasteiger partial charge in [-0.05, 0) is 17.9 Å². The molecular formula is C6H12N4O. The second kappa shape index (κ2) is 4.57. The van der Waals surface area contributed by atoms with Gasteiger partial charge in [-0.25, -0.2) is 0 Å². The molecule has 1 atom stereocenters. The SMILES string of the molecule is CC(C)C[C@H](N=[N+]=[N-])C(N)=O. The standard InChI is InChI=1S/C6H12N4O/c1-4(2)3-5(6(7)11)9-10-8/h4-5H,3H2,1-2H3,(H2,7,11)/t5-/m0/s1. The summed E-state index contributed by atoms with van der Waals surface area (Å²) in [6, 6.07) is -0.694. The molecule has 1 amide bonds. The maximum atomic E-state index is 10.6. The van der Waals surface area contributed by atoms with E-state index in [-0.39, 0.29) is 0 Å². The van der Waals surface area contributed by atoms with Crippen LogP contribution in [0.25, 0.3) is 10.4 Å². The van der Waals surface area contributed by atoms with Crippen molar-refractivity contribution in [2.45, 2.75) is 26.3 Å². The Labute approximate surface area is 65.2 Å². The molecule has 0 saturated heterocycles. The molecule has 0 aliphatic rings. The average Bonchev–Trinajstić information content (AvgIpc) is 1.86. The Bertz CT molecular complexity index is 181. The zero-order valence-electron chi connectivity index (χ0n) is 6.69. The summed E-state index contributed by atoms with van der Waals surface area (Å²) < 4.78 is 0. The number of carbonyl (C=O) groups excluding carboxylic acids is 1. The third-order valence-electron chi connectivity index (χ3n) is 1.21. The molecule has 0 bridgehead atoms. The minimum Gasteiger partial charge on any atom is -0.369 e. The Morgan fingerprint density at radius 3 is 2.55 bits per heavy atom. The second-order valence-electron chi connectivity index (χ2n) is 2.75. The molecule has 0 unspecified atom stereocenters. The summed E-state index contributed by atoms with van der Waals surface area (Å²) in [4.78, 5) is 13.1. The maximum Gasteiger partial charge on any atom is 0.226 e. The zero-order chi connectivity index (χ0) is 8.85. The number of rotatable bonds is 4. The van der Waals surface area contributed by atoms with Gasteiger partial charge in [0.05, 0.1) is 0 Å². The van der Waals surface area contributed by atoms with Crippen molar-refractivity contribution in [3.05, 3.63) is 10.4 Å². The molecule has 0 aromatic heterocycles. The minimum atomic E-state index is -0.694. The Balaban J connectivity index is 4.11. The van der Waals surface area contributed by atoms with Crippen LogP contribution in [0.15, 0.2) is 5.11 Å². The molecule has 0 saturated carbocycles. The van der Waals surface area contributed by atoms with Crippen LogP contribution >= 0.6 is 0 Å². The molecule has 0 aromatic carbocycles. The minimum absolute atomic E-state index is 0.304.